The molecule has 4 nitrogen and oxygen atoms in total. The molecule has 0 saturated heterocycles. The van der Waals surface area contributed by atoms with E-state index in [1.807, 2.05) is 6.07 Å². The SMILES string of the molecule is N#CC1(NC(=O)COc2c(F)c(F)cc(F)c2F)CCCC1. The monoisotopic (exact) mass is 316 g/mol. The van der Waals surface area contributed by atoms with Gasteiger partial charge in [0.05, 0.1) is 6.07 Å². The molecule has 1 N–H and O–H groups in total. The van der Waals surface area contributed by atoms with Gasteiger partial charge >= 0.3 is 0 Å². The van der Waals surface area contributed by atoms with Gasteiger partial charge in [0.1, 0.15) is 5.54 Å². The molecule has 0 bridgehead atoms. The lowest BCUT2D eigenvalue weighted by atomic mass is 10.00. The number of nitriles is 1. The molecule has 1 fully saturated rings. The maximum absolute atomic E-state index is 13.3. The topological polar surface area (TPSA) is 62.1 Å². The van der Waals surface area contributed by atoms with Crippen LogP contribution in [-0.2, 0) is 4.79 Å². The Kier molecular flexibility index (Phi) is 4.54. The maximum Gasteiger partial charge on any atom is 0.259 e. The predicted octanol–water partition coefficient (Wildman–Crippen LogP) is 2.57. The number of ether oxygens (including phenoxy) is 1. The number of rotatable bonds is 4. The molecule has 1 amide bonds. The van der Waals surface area contributed by atoms with E-state index >= 15 is 0 Å². The van der Waals surface area contributed by atoms with Crippen molar-refractivity contribution in [2.24, 2.45) is 0 Å². The first-order chi connectivity index (χ1) is 10.4. The van der Waals surface area contributed by atoms with Crippen molar-refractivity contribution in [2.45, 2.75) is 31.2 Å². The fourth-order valence-corrected chi connectivity index (χ4v) is 2.36. The van der Waals surface area contributed by atoms with Gasteiger partial charge in [-0.1, -0.05) is 0 Å². The Bertz CT molecular complexity index is 610. The van der Waals surface area contributed by atoms with Gasteiger partial charge in [0.25, 0.3) is 5.91 Å². The number of halogens is 4. The highest BCUT2D eigenvalue weighted by Gasteiger charge is 2.35. The Morgan fingerprint density at radius 2 is 1.77 bits per heavy atom. The molecule has 22 heavy (non-hydrogen) atoms. The predicted molar refractivity (Wildman–Crippen MR) is 66.7 cm³/mol. The van der Waals surface area contributed by atoms with E-state index in [2.05, 4.69) is 10.1 Å². The van der Waals surface area contributed by atoms with Crippen LogP contribution in [0.2, 0.25) is 0 Å². The summed E-state index contributed by atoms with van der Waals surface area (Å²) < 4.78 is 57.2. The van der Waals surface area contributed by atoms with Crippen LogP contribution < -0.4 is 10.1 Å². The standard InChI is InChI=1S/C14H12F4N2O2/c15-8-5-9(16)12(18)13(11(8)17)22-6-10(21)20-14(7-19)3-1-2-4-14/h5H,1-4,6H2,(H,20,21). The molecule has 1 aliphatic carbocycles. The minimum Gasteiger partial charge on any atom is -0.477 e. The van der Waals surface area contributed by atoms with Gasteiger partial charge in [-0.25, -0.2) is 8.78 Å². The zero-order chi connectivity index (χ0) is 16.3. The van der Waals surface area contributed by atoms with Crippen LogP contribution in [0.3, 0.4) is 0 Å². The Balaban J connectivity index is 2.05. The van der Waals surface area contributed by atoms with E-state index in [1.54, 1.807) is 0 Å². The molecule has 0 heterocycles. The molecule has 1 aromatic rings. The van der Waals surface area contributed by atoms with Gasteiger partial charge < -0.3 is 10.1 Å². The second-order valence-electron chi connectivity index (χ2n) is 5.04. The number of nitrogens with one attached hydrogen (secondary N) is 1. The molecule has 0 aromatic heterocycles. The summed E-state index contributed by atoms with van der Waals surface area (Å²) in [6.45, 7) is -0.861. The van der Waals surface area contributed by atoms with E-state index < -0.39 is 47.1 Å². The molecule has 2 rings (SSSR count). The van der Waals surface area contributed by atoms with E-state index in [0.717, 1.165) is 12.8 Å². The van der Waals surface area contributed by atoms with Crippen LogP contribution in [0.1, 0.15) is 25.7 Å². The molecule has 0 aliphatic heterocycles. The number of nitrogens with zero attached hydrogens (tertiary/aromatic N) is 1. The number of hydrogen-bond donors (Lipinski definition) is 1. The van der Waals surface area contributed by atoms with Crippen LogP contribution in [-0.4, -0.2) is 18.1 Å². The van der Waals surface area contributed by atoms with E-state index in [1.165, 1.54) is 0 Å². The van der Waals surface area contributed by atoms with Crippen LogP contribution in [0.4, 0.5) is 17.6 Å². The van der Waals surface area contributed by atoms with Gasteiger partial charge in [0, 0.05) is 6.07 Å². The van der Waals surface area contributed by atoms with Crippen molar-refractivity contribution in [3.05, 3.63) is 29.3 Å². The first-order valence-corrected chi connectivity index (χ1v) is 6.56. The largest absolute Gasteiger partial charge is 0.477 e. The Morgan fingerprint density at radius 1 is 1.23 bits per heavy atom. The van der Waals surface area contributed by atoms with Crippen molar-refractivity contribution in [1.82, 2.24) is 5.32 Å². The molecule has 0 radical (unpaired) electrons. The van der Waals surface area contributed by atoms with Gasteiger partial charge in [-0.2, -0.15) is 14.0 Å². The Hall–Kier alpha value is -2.30. The van der Waals surface area contributed by atoms with Crippen molar-refractivity contribution in [2.75, 3.05) is 6.61 Å². The smallest absolute Gasteiger partial charge is 0.259 e. The molecule has 0 atom stereocenters. The summed E-state index contributed by atoms with van der Waals surface area (Å²) >= 11 is 0. The molecule has 1 aromatic carbocycles. The summed E-state index contributed by atoms with van der Waals surface area (Å²) in [6.07, 6.45) is 2.47. The zero-order valence-corrected chi connectivity index (χ0v) is 11.4. The average molecular weight is 316 g/mol. The lowest BCUT2D eigenvalue weighted by Gasteiger charge is -2.22. The molecule has 8 heteroatoms. The highest BCUT2D eigenvalue weighted by molar-refractivity contribution is 5.79. The van der Waals surface area contributed by atoms with Crippen LogP contribution in [0.25, 0.3) is 0 Å². The van der Waals surface area contributed by atoms with E-state index in [9.17, 15) is 22.4 Å². The third kappa shape index (κ3) is 3.13. The molecule has 1 saturated carbocycles. The number of hydrogen-bond acceptors (Lipinski definition) is 3. The second-order valence-corrected chi connectivity index (χ2v) is 5.04. The summed E-state index contributed by atoms with van der Waals surface area (Å²) in [5.74, 6) is -8.79. The van der Waals surface area contributed by atoms with Gasteiger partial charge in [-0.05, 0) is 25.7 Å². The first kappa shape index (κ1) is 16.1. The third-order valence-corrected chi connectivity index (χ3v) is 3.47. The van der Waals surface area contributed by atoms with Crippen molar-refractivity contribution in [3.8, 4) is 11.8 Å². The Labute approximate surface area is 123 Å². The highest BCUT2D eigenvalue weighted by Crippen LogP contribution is 2.29. The fourth-order valence-electron chi connectivity index (χ4n) is 2.36. The van der Waals surface area contributed by atoms with Crippen molar-refractivity contribution in [3.63, 3.8) is 0 Å². The van der Waals surface area contributed by atoms with Gasteiger partial charge in [0.2, 0.25) is 11.6 Å². The normalized spacial score (nSPS) is 16.1. The number of benzene rings is 1. The fraction of sp³-hybridized carbons (Fsp3) is 0.429. The van der Waals surface area contributed by atoms with Crippen LogP contribution in [0.15, 0.2) is 6.07 Å². The van der Waals surface area contributed by atoms with Gasteiger partial charge in [-0.3, -0.25) is 4.79 Å². The van der Waals surface area contributed by atoms with Crippen molar-refractivity contribution in [1.29, 1.82) is 5.26 Å². The zero-order valence-electron chi connectivity index (χ0n) is 11.4. The minimum atomic E-state index is -1.72. The summed E-state index contributed by atoms with van der Waals surface area (Å²) in [4.78, 5) is 11.7. The number of carbonyl (C=O) groups excluding carboxylic acids is 1. The summed E-state index contributed by atoms with van der Waals surface area (Å²) in [6, 6.07) is 2.03. The van der Waals surface area contributed by atoms with Crippen LogP contribution >= 0.6 is 0 Å². The molecular weight excluding hydrogens is 304 g/mol. The van der Waals surface area contributed by atoms with Gasteiger partial charge in [0.15, 0.2) is 24.0 Å². The lowest BCUT2D eigenvalue weighted by molar-refractivity contribution is -0.124. The number of amides is 1. The highest BCUT2D eigenvalue weighted by atomic mass is 19.2. The molecule has 0 spiro atoms. The average Bonchev–Trinajstić information content (AvgIpc) is 2.94. The third-order valence-electron chi connectivity index (χ3n) is 3.47. The summed E-state index contributed by atoms with van der Waals surface area (Å²) in [5.41, 5.74) is -1.02. The van der Waals surface area contributed by atoms with Crippen molar-refractivity contribution >= 4 is 5.91 Å². The van der Waals surface area contributed by atoms with E-state index in [4.69, 9.17) is 5.26 Å². The van der Waals surface area contributed by atoms with Gasteiger partial charge in [-0.15, -0.1) is 0 Å². The molecule has 1 aliphatic rings. The van der Waals surface area contributed by atoms with Crippen molar-refractivity contribution < 1.29 is 27.1 Å². The summed E-state index contributed by atoms with van der Waals surface area (Å²) in [5, 5.41) is 11.5. The quantitative estimate of drug-likeness (QED) is 0.686. The van der Waals surface area contributed by atoms with Crippen LogP contribution in [0, 0.1) is 34.6 Å². The first-order valence-electron chi connectivity index (χ1n) is 6.56. The van der Waals surface area contributed by atoms with E-state index in [0.29, 0.717) is 12.8 Å². The maximum atomic E-state index is 13.3. The molecule has 118 valence electrons. The number of carbonyl (C=O) groups is 1. The molecule has 0 unspecified atom stereocenters. The summed E-state index contributed by atoms with van der Waals surface area (Å²) in [7, 11) is 0. The lowest BCUT2D eigenvalue weighted by Crippen LogP contribution is -2.47. The second kappa shape index (κ2) is 6.22. The Morgan fingerprint density at radius 3 is 2.27 bits per heavy atom. The molecular formula is C14H12F4N2O2. The van der Waals surface area contributed by atoms with E-state index in [-0.39, 0.29) is 6.07 Å². The van der Waals surface area contributed by atoms with Crippen LogP contribution in [0.5, 0.6) is 5.75 Å². The minimum absolute atomic E-state index is 0.0425.